The third-order valence-electron chi connectivity index (χ3n) is 3.66. The Morgan fingerprint density at radius 3 is 2.60 bits per heavy atom. The number of aromatic nitrogens is 2. The van der Waals surface area contributed by atoms with E-state index >= 15 is 0 Å². The zero-order chi connectivity index (χ0) is 17.8. The fourth-order valence-electron chi connectivity index (χ4n) is 2.35. The first kappa shape index (κ1) is 17.5. The second-order valence-electron chi connectivity index (χ2n) is 5.32. The lowest BCUT2D eigenvalue weighted by molar-refractivity contribution is 0.0734. The molecule has 0 radical (unpaired) electrons. The lowest BCUT2D eigenvalue weighted by Gasteiger charge is -2.19. The Kier molecular flexibility index (Phi) is 5.36. The van der Waals surface area contributed by atoms with Crippen LogP contribution in [0.3, 0.4) is 0 Å². The molecule has 3 rings (SSSR count). The van der Waals surface area contributed by atoms with E-state index in [9.17, 15) is 4.79 Å². The van der Waals surface area contributed by atoms with Crippen molar-refractivity contribution >= 4 is 29.1 Å². The molecule has 1 aromatic heterocycles. The number of hydrogen-bond donors (Lipinski definition) is 0. The molecule has 0 spiro atoms. The highest BCUT2D eigenvalue weighted by Gasteiger charge is 2.20. The third kappa shape index (κ3) is 4.00. The zero-order valence-electron chi connectivity index (χ0n) is 13.4. The molecule has 0 aliphatic carbocycles. The first-order chi connectivity index (χ1) is 12.1. The SMILES string of the molecule is CCN(Cc1nc(-c2ccccc2)no1)C(=O)c1ccc(Cl)cc1Cl. The molecule has 1 heterocycles. The van der Waals surface area contributed by atoms with Crippen LogP contribution in [0, 0.1) is 0 Å². The summed E-state index contributed by atoms with van der Waals surface area (Å²) in [7, 11) is 0. The maximum Gasteiger partial charge on any atom is 0.255 e. The summed E-state index contributed by atoms with van der Waals surface area (Å²) in [5.41, 5.74) is 1.24. The lowest BCUT2D eigenvalue weighted by Crippen LogP contribution is -2.30. The van der Waals surface area contributed by atoms with E-state index in [1.165, 1.54) is 0 Å². The summed E-state index contributed by atoms with van der Waals surface area (Å²) < 4.78 is 5.28. The van der Waals surface area contributed by atoms with Gasteiger partial charge in [-0.05, 0) is 25.1 Å². The van der Waals surface area contributed by atoms with Crippen molar-refractivity contribution in [2.45, 2.75) is 13.5 Å². The minimum absolute atomic E-state index is 0.203. The van der Waals surface area contributed by atoms with Crippen LogP contribution in [0.5, 0.6) is 0 Å². The standard InChI is InChI=1S/C18H15Cl2N3O2/c1-2-23(18(24)14-9-8-13(19)10-15(14)20)11-16-21-17(22-25-16)12-6-4-3-5-7-12/h3-10H,2,11H2,1H3. The van der Waals surface area contributed by atoms with Crippen LogP contribution in [0.2, 0.25) is 10.0 Å². The minimum Gasteiger partial charge on any atom is -0.337 e. The summed E-state index contributed by atoms with van der Waals surface area (Å²) >= 11 is 12.0. The Morgan fingerprint density at radius 2 is 1.92 bits per heavy atom. The lowest BCUT2D eigenvalue weighted by atomic mass is 10.2. The molecule has 0 aliphatic rings. The quantitative estimate of drug-likeness (QED) is 0.647. The summed E-state index contributed by atoms with van der Waals surface area (Å²) in [6.07, 6.45) is 0. The van der Waals surface area contributed by atoms with Gasteiger partial charge in [-0.25, -0.2) is 0 Å². The van der Waals surface area contributed by atoms with Crippen LogP contribution in [0.15, 0.2) is 53.1 Å². The van der Waals surface area contributed by atoms with Gasteiger partial charge >= 0.3 is 0 Å². The van der Waals surface area contributed by atoms with E-state index < -0.39 is 0 Å². The largest absolute Gasteiger partial charge is 0.337 e. The Bertz CT molecular complexity index is 881. The molecule has 0 saturated carbocycles. The van der Waals surface area contributed by atoms with Crippen molar-refractivity contribution in [3.8, 4) is 11.4 Å². The number of amides is 1. The van der Waals surface area contributed by atoms with Crippen molar-refractivity contribution in [2.24, 2.45) is 0 Å². The van der Waals surface area contributed by atoms with E-state index in [1.807, 2.05) is 37.3 Å². The number of rotatable bonds is 5. The fourth-order valence-corrected chi connectivity index (χ4v) is 2.84. The van der Waals surface area contributed by atoms with Crippen molar-refractivity contribution in [1.29, 1.82) is 0 Å². The predicted molar refractivity (Wildman–Crippen MR) is 96.6 cm³/mol. The number of hydrogen-bond acceptors (Lipinski definition) is 4. The van der Waals surface area contributed by atoms with E-state index in [0.29, 0.717) is 33.9 Å². The normalized spacial score (nSPS) is 10.7. The predicted octanol–water partition coefficient (Wildman–Crippen LogP) is 4.71. The third-order valence-corrected chi connectivity index (χ3v) is 4.20. The summed E-state index contributed by atoms with van der Waals surface area (Å²) in [4.78, 5) is 18.6. The molecule has 0 atom stereocenters. The van der Waals surface area contributed by atoms with Gasteiger partial charge in [-0.2, -0.15) is 4.98 Å². The zero-order valence-corrected chi connectivity index (χ0v) is 15.0. The van der Waals surface area contributed by atoms with Gasteiger partial charge in [0.2, 0.25) is 11.7 Å². The molecule has 3 aromatic rings. The molecular weight excluding hydrogens is 361 g/mol. The van der Waals surface area contributed by atoms with E-state index in [2.05, 4.69) is 10.1 Å². The van der Waals surface area contributed by atoms with Gasteiger partial charge in [0, 0.05) is 17.1 Å². The fraction of sp³-hybridized carbons (Fsp3) is 0.167. The first-order valence-corrected chi connectivity index (χ1v) is 8.46. The van der Waals surface area contributed by atoms with Crippen molar-refractivity contribution in [2.75, 3.05) is 6.54 Å². The van der Waals surface area contributed by atoms with Crippen LogP contribution in [0.25, 0.3) is 11.4 Å². The van der Waals surface area contributed by atoms with Crippen molar-refractivity contribution in [3.05, 3.63) is 70.0 Å². The smallest absolute Gasteiger partial charge is 0.255 e. The average molecular weight is 376 g/mol. The number of nitrogens with zero attached hydrogens (tertiary/aromatic N) is 3. The highest BCUT2D eigenvalue weighted by Crippen LogP contribution is 2.23. The highest BCUT2D eigenvalue weighted by molar-refractivity contribution is 6.36. The van der Waals surface area contributed by atoms with E-state index in [1.54, 1.807) is 23.1 Å². The molecule has 0 unspecified atom stereocenters. The maximum absolute atomic E-state index is 12.7. The molecule has 0 saturated heterocycles. The summed E-state index contributed by atoms with van der Waals surface area (Å²) in [5, 5.41) is 4.76. The number of carbonyl (C=O) groups excluding carboxylic acids is 1. The first-order valence-electron chi connectivity index (χ1n) is 7.71. The average Bonchev–Trinajstić information content (AvgIpc) is 3.08. The summed E-state index contributed by atoms with van der Waals surface area (Å²) in [5.74, 6) is 0.631. The van der Waals surface area contributed by atoms with Crippen molar-refractivity contribution < 1.29 is 9.32 Å². The molecule has 0 bridgehead atoms. The van der Waals surface area contributed by atoms with E-state index in [-0.39, 0.29) is 12.5 Å². The maximum atomic E-state index is 12.7. The monoisotopic (exact) mass is 375 g/mol. The van der Waals surface area contributed by atoms with Gasteiger partial charge in [0.05, 0.1) is 10.6 Å². The van der Waals surface area contributed by atoms with Gasteiger partial charge in [0.1, 0.15) is 6.54 Å². The van der Waals surface area contributed by atoms with Crippen LogP contribution in [-0.4, -0.2) is 27.5 Å². The van der Waals surface area contributed by atoms with Crippen LogP contribution >= 0.6 is 23.2 Å². The van der Waals surface area contributed by atoms with Crippen molar-refractivity contribution in [1.82, 2.24) is 15.0 Å². The van der Waals surface area contributed by atoms with Gasteiger partial charge < -0.3 is 9.42 Å². The van der Waals surface area contributed by atoms with Crippen LogP contribution < -0.4 is 0 Å². The molecular formula is C18H15Cl2N3O2. The van der Waals surface area contributed by atoms with E-state index in [4.69, 9.17) is 27.7 Å². The molecule has 25 heavy (non-hydrogen) atoms. The topological polar surface area (TPSA) is 59.2 Å². The Labute approximate surface area is 155 Å². The van der Waals surface area contributed by atoms with Gasteiger partial charge in [0.15, 0.2) is 0 Å². The molecule has 128 valence electrons. The van der Waals surface area contributed by atoms with Crippen LogP contribution in [-0.2, 0) is 6.54 Å². The Balaban J connectivity index is 1.78. The highest BCUT2D eigenvalue weighted by atomic mass is 35.5. The molecule has 2 aromatic carbocycles. The molecule has 5 nitrogen and oxygen atoms in total. The molecule has 0 fully saturated rings. The summed E-state index contributed by atoms with van der Waals surface area (Å²) in [6.45, 7) is 2.55. The Morgan fingerprint density at radius 1 is 1.16 bits per heavy atom. The minimum atomic E-state index is -0.219. The number of benzene rings is 2. The molecule has 1 amide bonds. The molecule has 0 N–H and O–H groups in total. The van der Waals surface area contributed by atoms with Gasteiger partial charge in [0.25, 0.3) is 5.91 Å². The second kappa shape index (κ2) is 7.68. The number of halogens is 2. The molecule has 0 aliphatic heterocycles. The van der Waals surface area contributed by atoms with E-state index in [0.717, 1.165) is 5.56 Å². The van der Waals surface area contributed by atoms with Crippen LogP contribution in [0.1, 0.15) is 23.2 Å². The number of carbonyl (C=O) groups is 1. The van der Waals surface area contributed by atoms with Crippen LogP contribution in [0.4, 0.5) is 0 Å². The van der Waals surface area contributed by atoms with Crippen molar-refractivity contribution in [3.63, 3.8) is 0 Å². The van der Waals surface area contributed by atoms with Gasteiger partial charge in [-0.3, -0.25) is 4.79 Å². The Hall–Kier alpha value is -2.37. The van der Waals surface area contributed by atoms with Gasteiger partial charge in [-0.1, -0.05) is 58.7 Å². The molecule has 7 heteroatoms. The summed E-state index contributed by atoms with van der Waals surface area (Å²) in [6, 6.07) is 14.3. The van der Waals surface area contributed by atoms with Gasteiger partial charge in [-0.15, -0.1) is 0 Å². The second-order valence-corrected chi connectivity index (χ2v) is 6.16.